The molecule has 2 aromatic carbocycles. The summed E-state index contributed by atoms with van der Waals surface area (Å²) in [5.41, 5.74) is 3.05. The van der Waals surface area contributed by atoms with Gasteiger partial charge in [0.25, 0.3) is 0 Å². The number of aromatic nitrogens is 2. The zero-order chi connectivity index (χ0) is 22.1. The lowest BCUT2D eigenvalue weighted by atomic mass is 10.0. The van der Waals surface area contributed by atoms with E-state index in [2.05, 4.69) is 36.3 Å². The van der Waals surface area contributed by atoms with Crippen LogP contribution >= 0.6 is 0 Å². The number of anilines is 1. The van der Waals surface area contributed by atoms with Gasteiger partial charge in [0.05, 0.1) is 19.5 Å². The number of ether oxygens (including phenoxy) is 1. The Bertz CT molecular complexity index is 936. The highest BCUT2D eigenvalue weighted by molar-refractivity contribution is 5.89. The molecular weight excluding hydrogens is 388 g/mol. The van der Waals surface area contributed by atoms with E-state index in [1.165, 1.54) is 5.56 Å². The normalized spacial score (nSPS) is 10.8. The predicted octanol–water partition coefficient (Wildman–Crippen LogP) is 5.53. The number of hydrogen-bond donors (Lipinski definition) is 1. The minimum Gasteiger partial charge on any atom is -0.494 e. The number of urea groups is 1. The third-order valence-corrected chi connectivity index (χ3v) is 5.15. The van der Waals surface area contributed by atoms with Crippen LogP contribution in [0.5, 0.6) is 5.75 Å². The first-order chi connectivity index (χ1) is 15.1. The van der Waals surface area contributed by atoms with E-state index in [4.69, 9.17) is 4.74 Å². The first-order valence-electron chi connectivity index (χ1n) is 10.9. The summed E-state index contributed by atoms with van der Waals surface area (Å²) in [6.45, 7) is 8.78. The molecule has 3 rings (SSSR count). The quantitative estimate of drug-likeness (QED) is 0.469. The van der Waals surface area contributed by atoms with E-state index >= 15 is 0 Å². The number of carbonyl (C=O) groups excluding carboxylic acids is 1. The molecule has 0 aliphatic carbocycles. The molecule has 0 radical (unpaired) electrons. The molecule has 0 aliphatic rings. The fraction of sp³-hybridized carbons (Fsp3) is 0.360. The SMILES string of the molecule is CCOc1ccccc1CN(CCCn1ccnc1)C(=O)Nc1ccc(C(C)C)cc1. The average Bonchev–Trinajstić information content (AvgIpc) is 3.28. The van der Waals surface area contributed by atoms with Crippen LogP contribution in [-0.2, 0) is 13.1 Å². The number of hydrogen-bond acceptors (Lipinski definition) is 3. The molecule has 3 aromatic rings. The number of para-hydroxylation sites is 1. The molecule has 1 heterocycles. The van der Waals surface area contributed by atoms with Crippen LogP contribution < -0.4 is 10.1 Å². The van der Waals surface area contributed by atoms with Crippen LogP contribution in [0.25, 0.3) is 0 Å². The Morgan fingerprint density at radius 1 is 1.16 bits per heavy atom. The Kier molecular flexibility index (Phi) is 8.10. The minimum atomic E-state index is -0.116. The fourth-order valence-electron chi connectivity index (χ4n) is 3.41. The largest absolute Gasteiger partial charge is 0.494 e. The minimum absolute atomic E-state index is 0.116. The Balaban J connectivity index is 1.71. The molecule has 6 heteroatoms. The molecule has 0 unspecified atom stereocenters. The van der Waals surface area contributed by atoms with E-state index < -0.39 is 0 Å². The highest BCUT2D eigenvalue weighted by atomic mass is 16.5. The lowest BCUT2D eigenvalue weighted by molar-refractivity contribution is 0.206. The maximum Gasteiger partial charge on any atom is 0.322 e. The van der Waals surface area contributed by atoms with Gasteiger partial charge in [0.2, 0.25) is 0 Å². The van der Waals surface area contributed by atoms with E-state index in [0.717, 1.165) is 30.0 Å². The summed E-state index contributed by atoms with van der Waals surface area (Å²) in [7, 11) is 0. The van der Waals surface area contributed by atoms with Crippen LogP contribution in [0.4, 0.5) is 10.5 Å². The van der Waals surface area contributed by atoms with Crippen LogP contribution in [0.3, 0.4) is 0 Å². The summed E-state index contributed by atoms with van der Waals surface area (Å²) < 4.78 is 7.79. The van der Waals surface area contributed by atoms with Crippen molar-refractivity contribution in [2.75, 3.05) is 18.5 Å². The van der Waals surface area contributed by atoms with Gasteiger partial charge in [0, 0.05) is 36.7 Å². The van der Waals surface area contributed by atoms with Crippen molar-refractivity contribution >= 4 is 11.7 Å². The standard InChI is InChI=1S/C25H32N4O2/c1-4-31-24-9-6-5-8-22(24)18-29(16-7-15-28-17-14-26-19-28)25(30)27-23-12-10-21(11-13-23)20(2)3/h5-6,8-14,17,19-20H,4,7,15-16,18H2,1-3H3,(H,27,30). The molecule has 0 saturated heterocycles. The second-order valence-corrected chi connectivity index (χ2v) is 7.82. The highest BCUT2D eigenvalue weighted by Crippen LogP contribution is 2.21. The lowest BCUT2D eigenvalue weighted by Crippen LogP contribution is -2.35. The predicted molar refractivity (Wildman–Crippen MR) is 124 cm³/mol. The van der Waals surface area contributed by atoms with Gasteiger partial charge in [-0.05, 0) is 43.0 Å². The van der Waals surface area contributed by atoms with Gasteiger partial charge in [-0.25, -0.2) is 9.78 Å². The number of imidazole rings is 1. The van der Waals surface area contributed by atoms with Gasteiger partial charge in [-0.3, -0.25) is 0 Å². The van der Waals surface area contributed by atoms with Gasteiger partial charge in [0.1, 0.15) is 5.75 Å². The summed E-state index contributed by atoms with van der Waals surface area (Å²) in [4.78, 5) is 19.1. The van der Waals surface area contributed by atoms with Crippen LogP contribution in [0.2, 0.25) is 0 Å². The topological polar surface area (TPSA) is 59.4 Å². The molecule has 0 saturated carbocycles. The van der Waals surface area contributed by atoms with E-state index in [-0.39, 0.29) is 6.03 Å². The average molecular weight is 421 g/mol. The van der Waals surface area contributed by atoms with Crippen LogP contribution in [0, 0.1) is 0 Å². The van der Waals surface area contributed by atoms with E-state index in [0.29, 0.717) is 25.6 Å². The van der Waals surface area contributed by atoms with Gasteiger partial charge >= 0.3 is 6.03 Å². The van der Waals surface area contributed by atoms with E-state index in [1.807, 2.05) is 59.0 Å². The summed E-state index contributed by atoms with van der Waals surface area (Å²) >= 11 is 0. The molecule has 0 aliphatic heterocycles. The van der Waals surface area contributed by atoms with Gasteiger partial charge in [0.15, 0.2) is 0 Å². The number of nitrogens with one attached hydrogen (secondary N) is 1. The Labute approximate surface area is 184 Å². The molecule has 164 valence electrons. The molecule has 0 bridgehead atoms. The Morgan fingerprint density at radius 2 is 1.94 bits per heavy atom. The van der Waals surface area contributed by atoms with Crippen molar-refractivity contribution in [2.45, 2.75) is 46.2 Å². The van der Waals surface area contributed by atoms with Crippen molar-refractivity contribution in [3.63, 3.8) is 0 Å². The second-order valence-electron chi connectivity index (χ2n) is 7.82. The third kappa shape index (κ3) is 6.60. The second kappa shape index (κ2) is 11.2. The molecule has 1 aromatic heterocycles. The number of aryl methyl sites for hydroxylation is 1. The van der Waals surface area contributed by atoms with Gasteiger partial charge in [-0.15, -0.1) is 0 Å². The Hall–Kier alpha value is -3.28. The zero-order valence-corrected chi connectivity index (χ0v) is 18.6. The number of benzene rings is 2. The molecular formula is C25H32N4O2. The zero-order valence-electron chi connectivity index (χ0n) is 18.6. The van der Waals surface area contributed by atoms with E-state index in [9.17, 15) is 4.79 Å². The van der Waals surface area contributed by atoms with Crippen molar-refractivity contribution < 1.29 is 9.53 Å². The molecule has 6 nitrogen and oxygen atoms in total. The Morgan fingerprint density at radius 3 is 2.61 bits per heavy atom. The monoisotopic (exact) mass is 420 g/mol. The molecule has 0 atom stereocenters. The highest BCUT2D eigenvalue weighted by Gasteiger charge is 2.16. The molecule has 31 heavy (non-hydrogen) atoms. The van der Waals surface area contributed by atoms with Crippen molar-refractivity contribution in [2.24, 2.45) is 0 Å². The smallest absolute Gasteiger partial charge is 0.322 e. The van der Waals surface area contributed by atoms with Crippen molar-refractivity contribution in [1.29, 1.82) is 0 Å². The van der Waals surface area contributed by atoms with Crippen LogP contribution in [0.15, 0.2) is 67.3 Å². The first-order valence-corrected chi connectivity index (χ1v) is 10.9. The summed E-state index contributed by atoms with van der Waals surface area (Å²) in [5, 5.41) is 3.05. The van der Waals surface area contributed by atoms with Gasteiger partial charge < -0.3 is 19.5 Å². The number of amides is 2. The van der Waals surface area contributed by atoms with Crippen LogP contribution in [0.1, 0.15) is 44.2 Å². The molecule has 2 amide bonds. The van der Waals surface area contributed by atoms with Crippen molar-refractivity contribution in [1.82, 2.24) is 14.5 Å². The van der Waals surface area contributed by atoms with Crippen molar-refractivity contribution in [3.8, 4) is 5.75 Å². The van der Waals surface area contributed by atoms with Gasteiger partial charge in [-0.1, -0.05) is 44.2 Å². The number of carbonyl (C=O) groups is 1. The molecule has 0 spiro atoms. The molecule has 1 N–H and O–H groups in total. The summed E-state index contributed by atoms with van der Waals surface area (Å²) in [6, 6.07) is 15.8. The third-order valence-electron chi connectivity index (χ3n) is 5.15. The maximum atomic E-state index is 13.2. The maximum absolute atomic E-state index is 13.2. The number of rotatable bonds is 10. The van der Waals surface area contributed by atoms with E-state index in [1.54, 1.807) is 12.5 Å². The van der Waals surface area contributed by atoms with Crippen molar-refractivity contribution in [3.05, 3.63) is 78.4 Å². The fourth-order valence-corrected chi connectivity index (χ4v) is 3.41. The molecule has 0 fully saturated rings. The summed E-state index contributed by atoms with van der Waals surface area (Å²) in [6.07, 6.45) is 6.33. The van der Waals surface area contributed by atoms with Gasteiger partial charge in [-0.2, -0.15) is 0 Å². The van der Waals surface area contributed by atoms with Crippen LogP contribution in [-0.4, -0.2) is 33.6 Å². The number of nitrogens with zero attached hydrogens (tertiary/aromatic N) is 3. The first kappa shape index (κ1) is 22.4. The lowest BCUT2D eigenvalue weighted by Gasteiger charge is -2.24. The summed E-state index contributed by atoms with van der Waals surface area (Å²) in [5.74, 6) is 1.28.